The van der Waals surface area contributed by atoms with Crippen molar-refractivity contribution < 1.29 is 9.90 Å². The Morgan fingerprint density at radius 2 is 2.25 bits per heavy atom. The molecule has 8 heavy (non-hydrogen) atoms. The van der Waals surface area contributed by atoms with Crippen LogP contribution >= 0.6 is 12.6 Å². The van der Waals surface area contributed by atoms with Gasteiger partial charge in [0, 0.05) is 5.75 Å². The van der Waals surface area contributed by atoms with E-state index in [-0.39, 0.29) is 13.2 Å². The van der Waals surface area contributed by atoms with Crippen molar-refractivity contribution in [2.24, 2.45) is 5.73 Å². The molecule has 0 radical (unpaired) electrons. The molecule has 0 aliphatic carbocycles. The van der Waals surface area contributed by atoms with Gasteiger partial charge < -0.3 is 10.8 Å². The monoisotopic (exact) mass is 137 g/mol. The number of thiol groups is 1. The molecule has 0 rings (SSSR count). The minimum atomic E-state index is -1.00. The normalized spacial score (nSPS) is 11.8. The minimum Gasteiger partial charge on any atom is -0.480 e. The van der Waals surface area contributed by atoms with E-state index in [9.17, 15) is 4.79 Å². The molecule has 0 aromatic heterocycles. The fraction of sp³-hybridized carbons (Fsp3) is 0.750. The summed E-state index contributed by atoms with van der Waals surface area (Å²) in [7, 11) is 0. The van der Waals surface area contributed by atoms with Crippen LogP contribution in [0.15, 0.2) is 0 Å². The van der Waals surface area contributed by atoms with Gasteiger partial charge >= 0.3 is 5.97 Å². The molecule has 0 unspecified atom stereocenters. The van der Waals surface area contributed by atoms with Gasteiger partial charge in [0.05, 0.1) is 0 Å². The van der Waals surface area contributed by atoms with Gasteiger partial charge in [0.2, 0.25) is 0 Å². The smallest absolute Gasteiger partial charge is 0.321 e. The zero-order valence-electron chi connectivity index (χ0n) is 3.66. The Morgan fingerprint density at radius 1 is 1.88 bits per heavy atom. The lowest BCUT2D eigenvalue weighted by atomic mass is 10.4. The van der Waals surface area contributed by atoms with Gasteiger partial charge in [-0.1, -0.05) is 7.43 Å². The zero-order chi connectivity index (χ0) is 5.86. The largest absolute Gasteiger partial charge is 0.480 e. The number of aliphatic carboxylic acids is 1. The van der Waals surface area contributed by atoms with Gasteiger partial charge in [-0.15, -0.1) is 0 Å². The lowest BCUT2D eigenvalue weighted by Crippen LogP contribution is -2.31. The number of hydrogen-bond donors (Lipinski definition) is 3. The predicted octanol–water partition coefficient (Wildman–Crippen LogP) is -0.0358. The summed E-state index contributed by atoms with van der Waals surface area (Å²) in [6.07, 6.45) is 0. The molecule has 0 saturated heterocycles. The summed E-state index contributed by atoms with van der Waals surface area (Å²) in [5, 5.41) is 8.01. The third kappa shape index (κ3) is 3.95. The molecule has 3 N–H and O–H groups in total. The lowest BCUT2D eigenvalue weighted by molar-refractivity contribution is -0.137. The molecule has 0 aliphatic rings. The van der Waals surface area contributed by atoms with Crippen LogP contribution in [0.4, 0.5) is 0 Å². The second-order valence-electron chi connectivity index (χ2n) is 1.13. The lowest BCUT2D eigenvalue weighted by Gasteiger charge is -1.96. The molecular formula is C4H11NO2S. The zero-order valence-corrected chi connectivity index (χ0v) is 4.56. The topological polar surface area (TPSA) is 63.3 Å². The van der Waals surface area contributed by atoms with Crippen LogP contribution in [0.5, 0.6) is 0 Å². The van der Waals surface area contributed by atoms with E-state index in [1.165, 1.54) is 0 Å². The number of nitrogens with two attached hydrogens (primary N) is 1. The fourth-order valence-electron chi connectivity index (χ4n) is 0.0781. The molecule has 50 valence electrons. The summed E-state index contributed by atoms with van der Waals surface area (Å²) in [5.74, 6) is -0.815. The summed E-state index contributed by atoms with van der Waals surface area (Å²) in [5.41, 5.74) is 4.94. The Labute approximate surface area is 54.3 Å². The van der Waals surface area contributed by atoms with Gasteiger partial charge in [-0.2, -0.15) is 12.6 Å². The fourth-order valence-corrected chi connectivity index (χ4v) is 0.234. The van der Waals surface area contributed by atoms with Crippen molar-refractivity contribution in [1.82, 2.24) is 0 Å². The Bertz CT molecular complexity index is 76.4. The second-order valence-corrected chi connectivity index (χ2v) is 1.49. The van der Waals surface area contributed by atoms with E-state index in [0.29, 0.717) is 0 Å². The van der Waals surface area contributed by atoms with Crippen LogP contribution in [0.2, 0.25) is 0 Å². The van der Waals surface area contributed by atoms with E-state index < -0.39 is 12.0 Å². The molecule has 1 atom stereocenters. The first-order valence-electron chi connectivity index (χ1n) is 1.77. The quantitative estimate of drug-likeness (QED) is 0.468. The van der Waals surface area contributed by atoms with Crippen molar-refractivity contribution in [2.75, 3.05) is 5.75 Å². The highest BCUT2D eigenvalue weighted by Crippen LogP contribution is 1.80. The molecule has 0 aliphatic heterocycles. The van der Waals surface area contributed by atoms with Crippen LogP contribution in [-0.4, -0.2) is 22.9 Å². The van der Waals surface area contributed by atoms with E-state index in [4.69, 9.17) is 10.8 Å². The van der Waals surface area contributed by atoms with Gasteiger partial charge in [-0.25, -0.2) is 0 Å². The molecular weight excluding hydrogens is 126 g/mol. The maximum Gasteiger partial charge on any atom is 0.321 e. The number of rotatable bonds is 2. The van der Waals surface area contributed by atoms with Crippen LogP contribution < -0.4 is 5.73 Å². The van der Waals surface area contributed by atoms with E-state index in [2.05, 4.69) is 12.6 Å². The first-order chi connectivity index (χ1) is 3.18. The molecule has 0 saturated carbocycles. The van der Waals surface area contributed by atoms with Crippen molar-refractivity contribution in [3.8, 4) is 0 Å². The molecule has 0 amide bonds. The summed E-state index contributed by atoms with van der Waals surface area (Å²) >= 11 is 3.65. The SMILES string of the molecule is C.N[C@@H](CS)C(=O)O. The maximum absolute atomic E-state index is 9.76. The van der Waals surface area contributed by atoms with Crippen molar-refractivity contribution in [2.45, 2.75) is 13.5 Å². The highest BCUT2D eigenvalue weighted by molar-refractivity contribution is 7.80. The van der Waals surface area contributed by atoms with Gasteiger partial charge in [0.25, 0.3) is 0 Å². The van der Waals surface area contributed by atoms with Crippen LogP contribution in [0, 0.1) is 0 Å². The molecule has 0 spiro atoms. The summed E-state index contributed by atoms with van der Waals surface area (Å²) in [4.78, 5) is 9.76. The number of hydrogen-bond acceptors (Lipinski definition) is 3. The van der Waals surface area contributed by atoms with Crippen LogP contribution in [-0.2, 0) is 4.79 Å². The average Bonchev–Trinajstić information content (AvgIpc) is 1.65. The highest BCUT2D eigenvalue weighted by atomic mass is 32.1. The summed E-state index contributed by atoms with van der Waals surface area (Å²) < 4.78 is 0. The Hall–Kier alpha value is -0.220. The molecule has 0 fully saturated rings. The highest BCUT2D eigenvalue weighted by Gasteiger charge is 2.06. The Balaban J connectivity index is 0. The average molecular weight is 137 g/mol. The van der Waals surface area contributed by atoms with Crippen molar-refractivity contribution in [3.63, 3.8) is 0 Å². The third-order valence-corrected chi connectivity index (χ3v) is 0.907. The first kappa shape index (κ1) is 10.7. The van der Waals surface area contributed by atoms with Crippen LogP contribution in [0.3, 0.4) is 0 Å². The van der Waals surface area contributed by atoms with Crippen LogP contribution in [0.1, 0.15) is 7.43 Å². The second kappa shape index (κ2) is 4.93. The molecule has 4 heteroatoms. The molecule has 0 bridgehead atoms. The summed E-state index contributed by atoms with van der Waals surface area (Å²) in [6, 6.07) is -0.816. The first-order valence-corrected chi connectivity index (χ1v) is 2.41. The number of carboxylic acid groups (broad SMARTS) is 1. The van der Waals surface area contributed by atoms with Crippen LogP contribution in [0.25, 0.3) is 0 Å². The predicted molar refractivity (Wildman–Crippen MR) is 36.2 cm³/mol. The van der Waals surface area contributed by atoms with E-state index >= 15 is 0 Å². The maximum atomic E-state index is 9.76. The van der Waals surface area contributed by atoms with Gasteiger partial charge in [0.15, 0.2) is 0 Å². The number of carbonyl (C=O) groups is 1. The van der Waals surface area contributed by atoms with E-state index in [1.54, 1.807) is 0 Å². The molecule has 3 nitrogen and oxygen atoms in total. The standard InChI is InChI=1S/C3H7NO2S.CH4/c4-2(1-7)3(5)6;/h2,7H,1,4H2,(H,5,6);1H4/t2-;/m0./s1. The molecule has 0 aromatic rings. The van der Waals surface area contributed by atoms with E-state index in [1.807, 2.05) is 0 Å². The van der Waals surface area contributed by atoms with Gasteiger partial charge in [-0.3, -0.25) is 4.79 Å². The Kier molecular flexibility index (Phi) is 6.59. The molecule has 0 heterocycles. The minimum absolute atomic E-state index is 0. The van der Waals surface area contributed by atoms with Gasteiger partial charge in [-0.05, 0) is 0 Å². The van der Waals surface area contributed by atoms with Gasteiger partial charge in [0.1, 0.15) is 6.04 Å². The van der Waals surface area contributed by atoms with Crippen molar-refractivity contribution >= 4 is 18.6 Å². The Morgan fingerprint density at radius 3 is 2.25 bits per heavy atom. The van der Waals surface area contributed by atoms with Crippen molar-refractivity contribution in [3.05, 3.63) is 0 Å². The third-order valence-electron chi connectivity index (χ3n) is 0.514. The number of carboxylic acids is 1. The van der Waals surface area contributed by atoms with Crippen molar-refractivity contribution in [1.29, 1.82) is 0 Å². The van der Waals surface area contributed by atoms with E-state index in [0.717, 1.165) is 0 Å². The molecule has 0 aromatic carbocycles. The summed E-state index contributed by atoms with van der Waals surface area (Å²) in [6.45, 7) is 0.